The Hall–Kier alpha value is -2.27. The predicted molar refractivity (Wildman–Crippen MR) is 144 cm³/mol. The molecule has 1 aliphatic heterocycles. The molecule has 0 aliphatic carbocycles. The molecule has 0 bridgehead atoms. The Labute approximate surface area is 212 Å². The molecule has 0 atom stereocenters. The number of rotatable bonds is 10. The van der Waals surface area contributed by atoms with Gasteiger partial charge in [0, 0.05) is 29.7 Å². The van der Waals surface area contributed by atoms with Crippen LogP contribution >= 0.6 is 23.2 Å². The van der Waals surface area contributed by atoms with Gasteiger partial charge in [0.05, 0.1) is 10.0 Å². The number of carbonyl (C=O) groups excluding carboxylic acids is 1. The van der Waals surface area contributed by atoms with Gasteiger partial charge in [-0.05, 0) is 86.6 Å². The lowest BCUT2D eigenvalue weighted by molar-refractivity contribution is -0.116. The topological polar surface area (TPSA) is 48.1 Å². The van der Waals surface area contributed by atoms with Crippen LogP contribution in [0.2, 0.25) is 10.0 Å². The number of fused-ring (bicyclic) bond motifs is 1. The van der Waals surface area contributed by atoms with Crippen molar-refractivity contribution in [1.29, 1.82) is 0 Å². The minimum Gasteiger partial charge on any atom is -0.361 e. The lowest BCUT2D eigenvalue weighted by Gasteiger charge is -2.32. The number of aromatic nitrogens is 1. The van der Waals surface area contributed by atoms with Crippen LogP contribution in [0.3, 0.4) is 0 Å². The summed E-state index contributed by atoms with van der Waals surface area (Å²) in [6.07, 6.45) is 12.6. The minimum atomic E-state index is -0.0795. The highest BCUT2D eigenvalue weighted by Gasteiger charge is 2.22. The monoisotopic (exact) mass is 497 g/mol. The summed E-state index contributed by atoms with van der Waals surface area (Å²) < 4.78 is 0. The first-order valence-corrected chi connectivity index (χ1v) is 13.0. The van der Waals surface area contributed by atoms with E-state index in [0.717, 1.165) is 18.4 Å². The summed E-state index contributed by atoms with van der Waals surface area (Å²) in [7, 11) is 0. The van der Waals surface area contributed by atoms with Crippen LogP contribution in [-0.2, 0) is 4.79 Å². The number of benzene rings is 2. The summed E-state index contributed by atoms with van der Waals surface area (Å²) in [6, 6.07) is 13.9. The highest BCUT2D eigenvalue weighted by molar-refractivity contribution is 6.42. The second kappa shape index (κ2) is 12.4. The molecule has 6 heteroatoms. The second-order valence-electron chi connectivity index (χ2n) is 9.12. The van der Waals surface area contributed by atoms with E-state index in [1.54, 1.807) is 24.3 Å². The Kier molecular flexibility index (Phi) is 9.09. The van der Waals surface area contributed by atoms with E-state index in [0.29, 0.717) is 22.5 Å². The molecule has 4 rings (SSSR count). The van der Waals surface area contributed by atoms with E-state index in [2.05, 4.69) is 45.7 Å². The first-order chi connectivity index (χ1) is 16.6. The van der Waals surface area contributed by atoms with Gasteiger partial charge in [-0.1, -0.05) is 60.3 Å². The van der Waals surface area contributed by atoms with Crippen molar-refractivity contribution >= 4 is 46.1 Å². The second-order valence-corrected chi connectivity index (χ2v) is 9.93. The largest absolute Gasteiger partial charge is 0.361 e. The van der Waals surface area contributed by atoms with Crippen molar-refractivity contribution in [3.05, 3.63) is 75.9 Å². The number of likely N-dealkylation sites (tertiary alicyclic amines) is 1. The first-order valence-electron chi connectivity index (χ1n) is 12.3. The highest BCUT2D eigenvalue weighted by Crippen LogP contribution is 2.33. The summed E-state index contributed by atoms with van der Waals surface area (Å²) in [6.45, 7) is 4.26. The van der Waals surface area contributed by atoms with Crippen molar-refractivity contribution in [2.45, 2.75) is 44.4 Å². The zero-order valence-corrected chi connectivity index (χ0v) is 21.0. The fraction of sp³-hybridized carbons (Fsp3) is 0.393. The molecule has 4 nitrogen and oxygen atoms in total. The van der Waals surface area contributed by atoms with Gasteiger partial charge in [-0.15, -0.1) is 0 Å². The van der Waals surface area contributed by atoms with Crippen molar-refractivity contribution in [2.75, 3.05) is 26.2 Å². The molecule has 0 radical (unpaired) electrons. The van der Waals surface area contributed by atoms with Crippen molar-refractivity contribution in [2.24, 2.45) is 0 Å². The number of aromatic amines is 1. The number of nitrogens with one attached hydrogen (secondary N) is 2. The molecule has 2 heterocycles. The zero-order chi connectivity index (χ0) is 23.8. The molecule has 1 fully saturated rings. The van der Waals surface area contributed by atoms with Gasteiger partial charge in [0.2, 0.25) is 5.91 Å². The minimum absolute atomic E-state index is 0.0795. The van der Waals surface area contributed by atoms with Crippen LogP contribution in [0.25, 0.3) is 17.0 Å². The number of nitrogens with zero attached hydrogens (tertiary/aromatic N) is 1. The van der Waals surface area contributed by atoms with Crippen molar-refractivity contribution in [3.8, 4) is 0 Å². The Morgan fingerprint density at radius 2 is 1.82 bits per heavy atom. The van der Waals surface area contributed by atoms with Crippen LogP contribution in [-0.4, -0.2) is 42.0 Å². The van der Waals surface area contributed by atoms with E-state index in [9.17, 15) is 4.79 Å². The average Bonchev–Trinajstić information content (AvgIpc) is 3.29. The maximum absolute atomic E-state index is 12.0. The standard InChI is InChI=1S/C28H33Cl2N3O/c29-25-11-9-21(19-26(25)30)10-12-28(34)31-15-5-1-2-6-16-33-17-13-22(14-18-33)24-20-32-27-8-4-3-7-23(24)27/h3-4,7-12,19-20,22,32H,1-2,5-6,13-18H2,(H,31,34)/b12-10+. The normalized spacial score (nSPS) is 15.4. The number of H-pyrrole nitrogens is 1. The Bertz CT molecular complexity index is 1120. The summed E-state index contributed by atoms with van der Waals surface area (Å²) in [4.78, 5) is 18.0. The molecule has 34 heavy (non-hydrogen) atoms. The lowest BCUT2D eigenvalue weighted by Crippen LogP contribution is -2.33. The third-order valence-corrected chi connectivity index (χ3v) is 7.46. The van der Waals surface area contributed by atoms with E-state index in [-0.39, 0.29) is 5.91 Å². The van der Waals surface area contributed by atoms with E-state index in [4.69, 9.17) is 23.2 Å². The highest BCUT2D eigenvalue weighted by atomic mass is 35.5. The predicted octanol–water partition coefficient (Wildman–Crippen LogP) is 7.04. The van der Waals surface area contributed by atoms with Crippen molar-refractivity contribution in [3.63, 3.8) is 0 Å². The van der Waals surface area contributed by atoms with E-state index in [1.807, 2.05) is 6.07 Å². The lowest BCUT2D eigenvalue weighted by atomic mass is 9.89. The average molecular weight is 498 g/mol. The van der Waals surface area contributed by atoms with Gasteiger partial charge in [-0.2, -0.15) is 0 Å². The third-order valence-electron chi connectivity index (χ3n) is 6.72. The van der Waals surface area contributed by atoms with Gasteiger partial charge in [0.1, 0.15) is 0 Å². The van der Waals surface area contributed by atoms with Crippen LogP contribution in [0.1, 0.15) is 55.6 Å². The zero-order valence-electron chi connectivity index (χ0n) is 19.5. The van der Waals surface area contributed by atoms with Crippen LogP contribution in [0.4, 0.5) is 0 Å². The maximum Gasteiger partial charge on any atom is 0.243 e. The van der Waals surface area contributed by atoms with Crippen LogP contribution in [0.15, 0.2) is 54.7 Å². The number of hydrogen-bond acceptors (Lipinski definition) is 2. The summed E-state index contributed by atoms with van der Waals surface area (Å²) in [5.41, 5.74) is 3.60. The van der Waals surface area contributed by atoms with Gasteiger partial charge in [0.15, 0.2) is 0 Å². The Balaban J connectivity index is 1.06. The molecular formula is C28H33Cl2N3O. The van der Waals surface area contributed by atoms with Crippen LogP contribution in [0, 0.1) is 0 Å². The number of amides is 1. The molecule has 180 valence electrons. The van der Waals surface area contributed by atoms with Crippen LogP contribution in [0.5, 0.6) is 0 Å². The summed E-state index contributed by atoms with van der Waals surface area (Å²) >= 11 is 11.9. The van der Waals surface area contributed by atoms with Crippen molar-refractivity contribution < 1.29 is 4.79 Å². The first kappa shape index (κ1) is 24.8. The molecule has 1 saturated heterocycles. The Morgan fingerprint density at radius 3 is 2.65 bits per heavy atom. The molecule has 2 N–H and O–H groups in total. The quantitative estimate of drug-likeness (QED) is 0.233. The molecule has 2 aromatic carbocycles. The number of carbonyl (C=O) groups is 1. The van der Waals surface area contributed by atoms with Crippen molar-refractivity contribution in [1.82, 2.24) is 15.2 Å². The molecular weight excluding hydrogens is 465 g/mol. The molecule has 1 amide bonds. The molecule has 0 spiro atoms. The van der Waals surface area contributed by atoms with Gasteiger partial charge in [-0.25, -0.2) is 0 Å². The number of piperidine rings is 1. The number of unbranched alkanes of at least 4 members (excludes halogenated alkanes) is 3. The maximum atomic E-state index is 12.0. The summed E-state index contributed by atoms with van der Waals surface area (Å²) in [5, 5.41) is 5.34. The van der Waals surface area contributed by atoms with Crippen LogP contribution < -0.4 is 5.32 Å². The number of halogens is 2. The molecule has 3 aromatic rings. The fourth-order valence-corrected chi connectivity index (χ4v) is 5.08. The molecule has 1 aromatic heterocycles. The van der Waals surface area contributed by atoms with Gasteiger partial charge >= 0.3 is 0 Å². The van der Waals surface area contributed by atoms with Gasteiger partial charge in [0.25, 0.3) is 0 Å². The SMILES string of the molecule is O=C(/C=C/c1ccc(Cl)c(Cl)c1)NCCCCCCN1CCC(c2c[nH]c3ccccc23)CC1. The fourth-order valence-electron chi connectivity index (χ4n) is 4.77. The Morgan fingerprint density at radius 1 is 1.03 bits per heavy atom. The van der Waals surface area contributed by atoms with E-state index >= 15 is 0 Å². The summed E-state index contributed by atoms with van der Waals surface area (Å²) in [5.74, 6) is 0.589. The van der Waals surface area contributed by atoms with Gasteiger partial charge in [-0.3, -0.25) is 4.79 Å². The third kappa shape index (κ3) is 6.88. The van der Waals surface area contributed by atoms with E-state index < -0.39 is 0 Å². The number of hydrogen-bond donors (Lipinski definition) is 2. The molecule has 1 aliphatic rings. The smallest absolute Gasteiger partial charge is 0.243 e. The molecule has 0 saturated carbocycles. The van der Waals surface area contributed by atoms with E-state index in [1.165, 1.54) is 61.8 Å². The number of para-hydroxylation sites is 1. The molecule has 0 unspecified atom stereocenters. The van der Waals surface area contributed by atoms with Gasteiger partial charge < -0.3 is 15.2 Å².